The third kappa shape index (κ3) is 4.18. The maximum Gasteiger partial charge on any atom is 0.229 e. The highest BCUT2D eigenvalue weighted by Gasteiger charge is 2.20. The quantitative estimate of drug-likeness (QED) is 0.549. The zero-order valence-corrected chi connectivity index (χ0v) is 18.1. The first-order chi connectivity index (χ1) is 14.6. The number of hydrogen-bond acceptors (Lipinski definition) is 7. The van der Waals surface area contributed by atoms with Gasteiger partial charge in [-0.2, -0.15) is 19.6 Å². The number of para-hydroxylation sites is 1. The molecule has 0 radical (unpaired) electrons. The van der Waals surface area contributed by atoms with Crippen molar-refractivity contribution in [3.8, 4) is 5.75 Å². The van der Waals surface area contributed by atoms with Gasteiger partial charge in [-0.15, -0.1) is 0 Å². The number of nitrogens with zero attached hydrogens (tertiary/aromatic N) is 4. The van der Waals surface area contributed by atoms with E-state index in [0.717, 1.165) is 48.5 Å². The molecule has 0 spiro atoms. The predicted octanol–water partition coefficient (Wildman–Crippen LogP) is 3.59. The summed E-state index contributed by atoms with van der Waals surface area (Å²) in [6.07, 6.45) is 4.15. The standard InChI is InChI=1S/C22H31N7O/c1-14(2)18-13-24-29-20(18)27-21(26-16-8-7-11-23-12-16)28-22(29)25-15(3)17-9-5-6-10-19(17)30-4/h5-6,9-10,13-16,23H,7-8,11-12H2,1-4H3,(H2,25,26,27,28). The third-order valence-electron chi connectivity index (χ3n) is 5.60. The summed E-state index contributed by atoms with van der Waals surface area (Å²) in [6, 6.07) is 8.32. The molecule has 8 nitrogen and oxygen atoms in total. The van der Waals surface area contributed by atoms with Crippen LogP contribution in [0.25, 0.3) is 5.65 Å². The highest BCUT2D eigenvalue weighted by atomic mass is 16.5. The molecule has 0 aliphatic carbocycles. The summed E-state index contributed by atoms with van der Waals surface area (Å²) in [5.41, 5.74) is 3.00. The minimum Gasteiger partial charge on any atom is -0.496 e. The number of benzene rings is 1. The zero-order valence-electron chi connectivity index (χ0n) is 18.1. The Morgan fingerprint density at radius 2 is 2.00 bits per heavy atom. The summed E-state index contributed by atoms with van der Waals surface area (Å²) >= 11 is 0. The van der Waals surface area contributed by atoms with Crippen molar-refractivity contribution in [3.05, 3.63) is 41.6 Å². The average molecular weight is 410 g/mol. The maximum absolute atomic E-state index is 5.54. The van der Waals surface area contributed by atoms with Crippen molar-refractivity contribution < 1.29 is 4.74 Å². The van der Waals surface area contributed by atoms with Gasteiger partial charge in [0.2, 0.25) is 11.9 Å². The third-order valence-corrected chi connectivity index (χ3v) is 5.60. The van der Waals surface area contributed by atoms with Gasteiger partial charge >= 0.3 is 0 Å². The van der Waals surface area contributed by atoms with Crippen LogP contribution in [0.3, 0.4) is 0 Å². The van der Waals surface area contributed by atoms with Crippen molar-refractivity contribution in [2.75, 3.05) is 30.8 Å². The van der Waals surface area contributed by atoms with Crippen molar-refractivity contribution in [2.45, 2.75) is 51.6 Å². The maximum atomic E-state index is 5.54. The van der Waals surface area contributed by atoms with Gasteiger partial charge in [-0.05, 0) is 38.3 Å². The molecule has 0 amide bonds. The van der Waals surface area contributed by atoms with E-state index in [1.165, 1.54) is 0 Å². The molecule has 4 rings (SSSR count). The topological polar surface area (TPSA) is 88.4 Å². The molecule has 1 saturated heterocycles. The molecule has 160 valence electrons. The Labute approximate surface area is 177 Å². The second-order valence-electron chi connectivity index (χ2n) is 8.16. The molecule has 3 aromatic rings. The molecule has 8 heteroatoms. The Morgan fingerprint density at radius 1 is 1.17 bits per heavy atom. The Hall–Kier alpha value is -2.87. The molecule has 1 aliphatic rings. The molecule has 3 N–H and O–H groups in total. The lowest BCUT2D eigenvalue weighted by Crippen LogP contribution is -2.39. The average Bonchev–Trinajstić information content (AvgIpc) is 3.19. The molecule has 2 aromatic heterocycles. The van der Waals surface area contributed by atoms with Crippen molar-refractivity contribution in [3.63, 3.8) is 0 Å². The fourth-order valence-electron chi connectivity index (χ4n) is 3.91. The number of anilines is 2. The monoisotopic (exact) mass is 409 g/mol. The van der Waals surface area contributed by atoms with Crippen molar-refractivity contribution in [1.82, 2.24) is 24.9 Å². The summed E-state index contributed by atoms with van der Waals surface area (Å²) in [4.78, 5) is 9.60. The number of rotatable bonds is 7. The van der Waals surface area contributed by atoms with E-state index < -0.39 is 0 Å². The molecule has 30 heavy (non-hydrogen) atoms. The van der Waals surface area contributed by atoms with Gasteiger partial charge in [0.15, 0.2) is 5.65 Å². The minimum atomic E-state index is -0.0184. The summed E-state index contributed by atoms with van der Waals surface area (Å²) in [5, 5.41) is 15.0. The summed E-state index contributed by atoms with van der Waals surface area (Å²) in [7, 11) is 1.69. The second kappa shape index (κ2) is 8.87. The summed E-state index contributed by atoms with van der Waals surface area (Å²) in [5.74, 6) is 2.46. The first kappa shape index (κ1) is 20.4. The molecule has 1 aliphatic heterocycles. The Balaban J connectivity index is 1.69. The van der Waals surface area contributed by atoms with Crippen LogP contribution in [0.1, 0.15) is 56.7 Å². The highest BCUT2D eigenvalue weighted by molar-refractivity contribution is 5.56. The number of fused-ring (bicyclic) bond motifs is 1. The van der Waals surface area contributed by atoms with E-state index in [-0.39, 0.29) is 6.04 Å². The van der Waals surface area contributed by atoms with Gasteiger partial charge in [0.05, 0.1) is 19.3 Å². The molecule has 2 atom stereocenters. The number of aromatic nitrogens is 4. The van der Waals surface area contributed by atoms with Crippen LogP contribution in [-0.4, -0.2) is 45.8 Å². The Morgan fingerprint density at radius 3 is 2.73 bits per heavy atom. The van der Waals surface area contributed by atoms with Gasteiger partial charge in [-0.25, -0.2) is 0 Å². The van der Waals surface area contributed by atoms with Gasteiger partial charge in [-0.3, -0.25) is 0 Å². The zero-order chi connectivity index (χ0) is 21.1. The number of ether oxygens (including phenoxy) is 1. The molecule has 0 saturated carbocycles. The van der Waals surface area contributed by atoms with Crippen LogP contribution in [0, 0.1) is 0 Å². The van der Waals surface area contributed by atoms with Crippen molar-refractivity contribution in [1.29, 1.82) is 0 Å². The van der Waals surface area contributed by atoms with E-state index in [4.69, 9.17) is 14.7 Å². The number of methoxy groups -OCH3 is 1. The second-order valence-corrected chi connectivity index (χ2v) is 8.16. The number of piperidine rings is 1. The van der Waals surface area contributed by atoms with Crippen molar-refractivity contribution in [2.24, 2.45) is 0 Å². The van der Waals surface area contributed by atoms with E-state index in [1.807, 2.05) is 24.4 Å². The van der Waals surface area contributed by atoms with Gasteiger partial charge < -0.3 is 20.7 Å². The van der Waals surface area contributed by atoms with Gasteiger partial charge in [0, 0.05) is 23.7 Å². The fourth-order valence-corrected chi connectivity index (χ4v) is 3.91. The first-order valence-electron chi connectivity index (χ1n) is 10.7. The SMILES string of the molecule is COc1ccccc1C(C)Nc1nc(NC2CCCNC2)nc2c(C(C)C)cnn12. The van der Waals surface area contributed by atoms with Crippen LogP contribution in [0.2, 0.25) is 0 Å². The fraction of sp³-hybridized carbons (Fsp3) is 0.500. The van der Waals surface area contributed by atoms with Crippen LogP contribution in [-0.2, 0) is 0 Å². The largest absolute Gasteiger partial charge is 0.496 e. The molecule has 2 unspecified atom stereocenters. The van der Waals surface area contributed by atoms with Crippen molar-refractivity contribution >= 4 is 17.5 Å². The van der Waals surface area contributed by atoms with E-state index in [1.54, 1.807) is 11.6 Å². The minimum absolute atomic E-state index is 0.0184. The first-order valence-corrected chi connectivity index (χ1v) is 10.7. The molecule has 3 heterocycles. The Bertz CT molecular complexity index is 994. The summed E-state index contributed by atoms with van der Waals surface area (Å²) in [6.45, 7) is 8.40. The molecular formula is C22H31N7O. The predicted molar refractivity (Wildman–Crippen MR) is 119 cm³/mol. The number of hydrogen-bond donors (Lipinski definition) is 3. The smallest absolute Gasteiger partial charge is 0.229 e. The van der Waals surface area contributed by atoms with E-state index >= 15 is 0 Å². The van der Waals surface area contributed by atoms with Gasteiger partial charge in [0.1, 0.15) is 5.75 Å². The van der Waals surface area contributed by atoms with Crippen LogP contribution in [0.15, 0.2) is 30.5 Å². The molecule has 0 bridgehead atoms. The molecule has 1 aromatic carbocycles. The van der Waals surface area contributed by atoms with Crippen LogP contribution in [0.5, 0.6) is 5.75 Å². The van der Waals surface area contributed by atoms with Gasteiger partial charge in [-0.1, -0.05) is 32.0 Å². The lowest BCUT2D eigenvalue weighted by Gasteiger charge is -2.24. The van der Waals surface area contributed by atoms with E-state index in [2.05, 4.69) is 47.9 Å². The lowest BCUT2D eigenvalue weighted by molar-refractivity contribution is 0.408. The van der Waals surface area contributed by atoms with Crippen LogP contribution < -0.4 is 20.7 Å². The van der Waals surface area contributed by atoms with Crippen LogP contribution in [0.4, 0.5) is 11.9 Å². The normalized spacial score (nSPS) is 17.8. The molecule has 1 fully saturated rings. The Kier molecular flexibility index (Phi) is 6.03. The van der Waals surface area contributed by atoms with Gasteiger partial charge in [0.25, 0.3) is 0 Å². The van der Waals surface area contributed by atoms with E-state index in [0.29, 0.717) is 23.9 Å². The summed E-state index contributed by atoms with van der Waals surface area (Å²) < 4.78 is 7.33. The van der Waals surface area contributed by atoms with E-state index in [9.17, 15) is 0 Å². The van der Waals surface area contributed by atoms with Crippen LogP contribution >= 0.6 is 0 Å². The number of nitrogens with one attached hydrogen (secondary N) is 3. The highest BCUT2D eigenvalue weighted by Crippen LogP contribution is 2.28. The molecular weight excluding hydrogens is 378 g/mol. The lowest BCUT2D eigenvalue weighted by atomic mass is 10.1.